The highest BCUT2D eigenvalue weighted by atomic mass is 16.1. The Morgan fingerprint density at radius 3 is 2.85 bits per heavy atom. The smallest absolute Gasteiger partial charge is 0.259 e. The molecule has 5 nitrogen and oxygen atoms in total. The number of amides is 1. The Kier molecular flexibility index (Phi) is 4.65. The van der Waals surface area contributed by atoms with E-state index in [-0.39, 0.29) is 5.91 Å². The molecule has 0 atom stereocenters. The van der Waals surface area contributed by atoms with Crippen molar-refractivity contribution in [1.82, 2.24) is 9.97 Å². The molecule has 0 bridgehead atoms. The number of pyridine rings is 2. The number of hydrogen-bond acceptors (Lipinski definition) is 4. The predicted molar refractivity (Wildman–Crippen MR) is 79.9 cm³/mol. The Morgan fingerprint density at radius 1 is 1.25 bits per heavy atom. The van der Waals surface area contributed by atoms with Gasteiger partial charge < -0.3 is 10.6 Å². The van der Waals surface area contributed by atoms with E-state index in [1.165, 1.54) is 0 Å². The Balaban J connectivity index is 2.19. The number of aromatic nitrogens is 2. The van der Waals surface area contributed by atoms with E-state index in [0.29, 0.717) is 11.3 Å². The summed E-state index contributed by atoms with van der Waals surface area (Å²) in [6.07, 6.45) is 5.93. The zero-order valence-electron chi connectivity index (χ0n) is 11.7. The van der Waals surface area contributed by atoms with Crippen LogP contribution in [0.5, 0.6) is 0 Å². The van der Waals surface area contributed by atoms with Gasteiger partial charge in [0.15, 0.2) is 0 Å². The minimum atomic E-state index is -0.187. The lowest BCUT2D eigenvalue weighted by Crippen LogP contribution is -2.16. The first-order chi connectivity index (χ1) is 9.72. The molecule has 0 fully saturated rings. The van der Waals surface area contributed by atoms with E-state index in [0.717, 1.165) is 24.3 Å². The van der Waals surface area contributed by atoms with Crippen LogP contribution in [-0.4, -0.2) is 22.4 Å². The summed E-state index contributed by atoms with van der Waals surface area (Å²) in [6, 6.07) is 5.43. The van der Waals surface area contributed by atoms with Crippen molar-refractivity contribution in [2.75, 3.05) is 17.2 Å². The van der Waals surface area contributed by atoms with E-state index >= 15 is 0 Å². The number of rotatable bonds is 5. The monoisotopic (exact) mass is 270 g/mol. The summed E-state index contributed by atoms with van der Waals surface area (Å²) in [6.45, 7) is 4.75. The SMILES string of the molecule is CCCNc1ccncc1C(=O)Nc1cccnc1C. The van der Waals surface area contributed by atoms with Crippen LogP contribution in [-0.2, 0) is 0 Å². The maximum atomic E-state index is 12.3. The molecule has 0 radical (unpaired) electrons. The number of aryl methyl sites for hydroxylation is 1. The van der Waals surface area contributed by atoms with Gasteiger partial charge in [-0.2, -0.15) is 0 Å². The second-order valence-electron chi connectivity index (χ2n) is 4.44. The van der Waals surface area contributed by atoms with Gasteiger partial charge in [0.05, 0.1) is 22.6 Å². The highest BCUT2D eigenvalue weighted by molar-refractivity contribution is 6.08. The van der Waals surface area contributed by atoms with Crippen molar-refractivity contribution in [2.45, 2.75) is 20.3 Å². The molecule has 20 heavy (non-hydrogen) atoms. The van der Waals surface area contributed by atoms with Crippen molar-refractivity contribution in [3.8, 4) is 0 Å². The van der Waals surface area contributed by atoms with Crippen LogP contribution in [0.25, 0.3) is 0 Å². The third-order valence-corrected chi connectivity index (χ3v) is 2.89. The number of nitrogens with one attached hydrogen (secondary N) is 2. The van der Waals surface area contributed by atoms with Crippen molar-refractivity contribution < 1.29 is 4.79 Å². The van der Waals surface area contributed by atoms with Gasteiger partial charge in [-0.15, -0.1) is 0 Å². The predicted octanol–water partition coefficient (Wildman–Crippen LogP) is 2.86. The maximum absolute atomic E-state index is 12.3. The van der Waals surface area contributed by atoms with E-state index in [9.17, 15) is 4.79 Å². The highest BCUT2D eigenvalue weighted by Gasteiger charge is 2.12. The number of nitrogens with zero attached hydrogens (tertiary/aromatic N) is 2. The minimum Gasteiger partial charge on any atom is -0.384 e. The molecule has 104 valence electrons. The van der Waals surface area contributed by atoms with Gasteiger partial charge in [0.1, 0.15) is 0 Å². The van der Waals surface area contributed by atoms with Crippen molar-refractivity contribution in [3.63, 3.8) is 0 Å². The highest BCUT2D eigenvalue weighted by Crippen LogP contribution is 2.17. The summed E-state index contributed by atoms with van der Waals surface area (Å²) in [5.41, 5.74) is 2.82. The molecule has 0 unspecified atom stereocenters. The van der Waals surface area contributed by atoms with E-state index < -0.39 is 0 Å². The molecule has 2 rings (SSSR count). The fourth-order valence-corrected chi connectivity index (χ4v) is 1.80. The van der Waals surface area contributed by atoms with Crippen molar-refractivity contribution in [3.05, 3.63) is 48.0 Å². The Hall–Kier alpha value is -2.43. The summed E-state index contributed by atoms with van der Waals surface area (Å²) in [4.78, 5) is 20.5. The summed E-state index contributed by atoms with van der Waals surface area (Å²) < 4.78 is 0. The average molecular weight is 270 g/mol. The molecule has 0 aliphatic carbocycles. The first-order valence-electron chi connectivity index (χ1n) is 6.63. The number of hydrogen-bond donors (Lipinski definition) is 2. The zero-order valence-corrected chi connectivity index (χ0v) is 11.7. The average Bonchev–Trinajstić information content (AvgIpc) is 2.47. The van der Waals surface area contributed by atoms with E-state index in [1.807, 2.05) is 13.0 Å². The molecule has 0 saturated heterocycles. The maximum Gasteiger partial charge on any atom is 0.259 e. The molecule has 0 saturated carbocycles. The van der Waals surface area contributed by atoms with Crippen molar-refractivity contribution in [1.29, 1.82) is 0 Å². The van der Waals surface area contributed by atoms with Crippen LogP contribution in [0.15, 0.2) is 36.8 Å². The summed E-state index contributed by atoms with van der Waals surface area (Å²) in [7, 11) is 0. The Bertz CT molecular complexity index is 598. The second kappa shape index (κ2) is 6.65. The largest absolute Gasteiger partial charge is 0.384 e. The van der Waals surface area contributed by atoms with Gasteiger partial charge in [-0.1, -0.05) is 6.92 Å². The Morgan fingerprint density at radius 2 is 2.10 bits per heavy atom. The molecule has 2 aromatic rings. The summed E-state index contributed by atoms with van der Waals surface area (Å²) in [5.74, 6) is -0.187. The Labute approximate surface area is 118 Å². The topological polar surface area (TPSA) is 66.9 Å². The number of carbonyl (C=O) groups is 1. The molecule has 1 amide bonds. The first-order valence-corrected chi connectivity index (χ1v) is 6.63. The standard InChI is InChI=1S/C15H18N4O/c1-3-7-18-14-6-9-16-10-12(14)15(20)19-13-5-4-8-17-11(13)2/h4-6,8-10H,3,7H2,1-2H3,(H,16,18)(H,19,20). The fourth-order valence-electron chi connectivity index (χ4n) is 1.80. The lowest BCUT2D eigenvalue weighted by molar-refractivity contribution is 0.102. The summed E-state index contributed by atoms with van der Waals surface area (Å²) in [5, 5.41) is 6.09. The van der Waals surface area contributed by atoms with Crippen LogP contribution in [0.2, 0.25) is 0 Å². The molecule has 2 N–H and O–H groups in total. The van der Waals surface area contributed by atoms with Gasteiger partial charge in [0.2, 0.25) is 0 Å². The van der Waals surface area contributed by atoms with Crippen molar-refractivity contribution in [2.24, 2.45) is 0 Å². The van der Waals surface area contributed by atoms with E-state index in [2.05, 4.69) is 27.5 Å². The molecule has 2 heterocycles. The third kappa shape index (κ3) is 3.32. The van der Waals surface area contributed by atoms with Crippen LogP contribution in [0.4, 0.5) is 11.4 Å². The quantitative estimate of drug-likeness (QED) is 0.876. The van der Waals surface area contributed by atoms with Crippen LogP contribution in [0, 0.1) is 6.92 Å². The van der Waals surface area contributed by atoms with Gasteiger partial charge in [-0.3, -0.25) is 14.8 Å². The second-order valence-corrected chi connectivity index (χ2v) is 4.44. The molecule has 0 aliphatic rings. The summed E-state index contributed by atoms with van der Waals surface area (Å²) >= 11 is 0. The van der Waals surface area contributed by atoms with Gasteiger partial charge in [-0.25, -0.2) is 0 Å². The van der Waals surface area contributed by atoms with Gasteiger partial charge in [0.25, 0.3) is 5.91 Å². The molecule has 0 spiro atoms. The molecular formula is C15H18N4O. The number of carbonyl (C=O) groups excluding carboxylic acids is 1. The van der Waals surface area contributed by atoms with Crippen LogP contribution < -0.4 is 10.6 Å². The minimum absolute atomic E-state index is 0.187. The van der Waals surface area contributed by atoms with Gasteiger partial charge >= 0.3 is 0 Å². The normalized spacial score (nSPS) is 10.1. The van der Waals surface area contributed by atoms with Gasteiger partial charge in [-0.05, 0) is 31.5 Å². The van der Waals surface area contributed by atoms with Crippen molar-refractivity contribution >= 4 is 17.3 Å². The number of anilines is 2. The van der Waals surface area contributed by atoms with Gasteiger partial charge in [0, 0.05) is 25.1 Å². The molecule has 5 heteroatoms. The third-order valence-electron chi connectivity index (χ3n) is 2.89. The van der Waals surface area contributed by atoms with Crippen LogP contribution in [0.1, 0.15) is 29.4 Å². The molecule has 0 aromatic carbocycles. The molecular weight excluding hydrogens is 252 g/mol. The molecule has 0 aliphatic heterocycles. The van der Waals surface area contributed by atoms with E-state index in [1.54, 1.807) is 30.7 Å². The lowest BCUT2D eigenvalue weighted by Gasteiger charge is -2.12. The zero-order chi connectivity index (χ0) is 14.4. The van der Waals surface area contributed by atoms with Crippen LogP contribution >= 0.6 is 0 Å². The lowest BCUT2D eigenvalue weighted by atomic mass is 10.2. The fraction of sp³-hybridized carbons (Fsp3) is 0.267. The first kappa shape index (κ1) is 14.0. The molecule has 2 aromatic heterocycles. The van der Waals surface area contributed by atoms with E-state index in [4.69, 9.17) is 0 Å². The van der Waals surface area contributed by atoms with Crippen LogP contribution in [0.3, 0.4) is 0 Å².